The summed E-state index contributed by atoms with van der Waals surface area (Å²) in [6.45, 7) is 6.89. The molecule has 2 aliphatic rings. The van der Waals surface area contributed by atoms with Gasteiger partial charge in [-0.2, -0.15) is 0 Å². The van der Waals surface area contributed by atoms with E-state index in [9.17, 15) is 10.2 Å². The summed E-state index contributed by atoms with van der Waals surface area (Å²) in [4.78, 5) is 4.56. The first-order valence-electron chi connectivity index (χ1n) is 10.3. The van der Waals surface area contributed by atoms with Crippen LogP contribution in [0.3, 0.4) is 0 Å². The standard InChI is InChI=1S/C21H34N2O5/c1-26-21-13-17(14-22-7-2-11-27-12-10-22)3-4-20(21)28-16-19(25)15-23-8-5-18(24)6-9-23/h3-4,13,18-19,24-25H,2,5-12,14-16H2,1H3/t19-/m0/s1. The third kappa shape index (κ3) is 6.60. The molecule has 2 aliphatic heterocycles. The van der Waals surface area contributed by atoms with Crippen molar-refractivity contribution in [2.24, 2.45) is 0 Å². The van der Waals surface area contributed by atoms with Gasteiger partial charge in [0.15, 0.2) is 11.5 Å². The molecule has 7 heteroatoms. The molecule has 2 N–H and O–H groups in total. The van der Waals surface area contributed by atoms with E-state index in [4.69, 9.17) is 14.2 Å². The van der Waals surface area contributed by atoms with E-state index in [0.29, 0.717) is 18.0 Å². The zero-order valence-corrected chi connectivity index (χ0v) is 16.9. The van der Waals surface area contributed by atoms with E-state index in [0.717, 1.165) is 65.2 Å². The van der Waals surface area contributed by atoms with Crippen LogP contribution in [0.25, 0.3) is 0 Å². The number of ether oxygens (including phenoxy) is 3. The molecular formula is C21H34N2O5. The fraction of sp³-hybridized carbons (Fsp3) is 0.714. The smallest absolute Gasteiger partial charge is 0.161 e. The molecule has 28 heavy (non-hydrogen) atoms. The number of likely N-dealkylation sites (tertiary alicyclic amines) is 1. The minimum atomic E-state index is -0.572. The molecule has 2 saturated heterocycles. The van der Waals surface area contributed by atoms with E-state index in [1.807, 2.05) is 12.1 Å². The third-order valence-electron chi connectivity index (χ3n) is 5.41. The van der Waals surface area contributed by atoms with E-state index < -0.39 is 6.10 Å². The summed E-state index contributed by atoms with van der Waals surface area (Å²) in [5.41, 5.74) is 1.18. The number of rotatable bonds is 8. The quantitative estimate of drug-likeness (QED) is 0.684. The highest BCUT2D eigenvalue weighted by molar-refractivity contribution is 5.43. The number of hydrogen-bond acceptors (Lipinski definition) is 7. The molecule has 1 aromatic rings. The van der Waals surface area contributed by atoms with Gasteiger partial charge in [-0.3, -0.25) is 4.90 Å². The number of β-amino-alcohol motifs (C(OH)–C–C–N with tert-alkyl or cyclic N) is 1. The third-order valence-corrected chi connectivity index (χ3v) is 5.41. The van der Waals surface area contributed by atoms with E-state index in [1.54, 1.807) is 7.11 Å². The Labute approximate surface area is 167 Å². The normalized spacial score (nSPS) is 21.2. The molecule has 0 spiro atoms. The minimum Gasteiger partial charge on any atom is -0.493 e. The molecule has 3 rings (SSSR count). The lowest BCUT2D eigenvalue weighted by molar-refractivity contribution is 0.0333. The molecule has 0 saturated carbocycles. The second kappa shape index (κ2) is 11.0. The van der Waals surface area contributed by atoms with Gasteiger partial charge in [0.25, 0.3) is 0 Å². The van der Waals surface area contributed by atoms with E-state index >= 15 is 0 Å². The van der Waals surface area contributed by atoms with E-state index in [2.05, 4.69) is 15.9 Å². The average Bonchev–Trinajstić information content (AvgIpc) is 2.97. The predicted octanol–water partition coefficient (Wildman–Crippen LogP) is 1.11. The SMILES string of the molecule is COc1cc(CN2CCCOCC2)ccc1OC[C@@H](O)CN1CCC(O)CC1. The monoisotopic (exact) mass is 394 g/mol. The molecular weight excluding hydrogens is 360 g/mol. The van der Waals surface area contributed by atoms with Crippen molar-refractivity contribution in [3.05, 3.63) is 23.8 Å². The number of piperidine rings is 1. The van der Waals surface area contributed by atoms with Gasteiger partial charge in [-0.05, 0) is 37.0 Å². The van der Waals surface area contributed by atoms with Crippen LogP contribution in [0.4, 0.5) is 0 Å². The number of aliphatic hydroxyl groups is 2. The van der Waals surface area contributed by atoms with Crippen LogP contribution >= 0.6 is 0 Å². The van der Waals surface area contributed by atoms with Gasteiger partial charge in [0.1, 0.15) is 12.7 Å². The Bertz CT molecular complexity index is 584. The van der Waals surface area contributed by atoms with Gasteiger partial charge in [0.2, 0.25) is 0 Å². The Morgan fingerprint density at radius 3 is 2.71 bits per heavy atom. The number of benzene rings is 1. The van der Waals surface area contributed by atoms with Gasteiger partial charge in [-0.1, -0.05) is 6.07 Å². The maximum Gasteiger partial charge on any atom is 0.161 e. The summed E-state index contributed by atoms with van der Waals surface area (Å²) in [7, 11) is 1.64. The second-order valence-electron chi connectivity index (χ2n) is 7.72. The van der Waals surface area contributed by atoms with Crippen LogP contribution in [0.2, 0.25) is 0 Å². The van der Waals surface area contributed by atoms with Crippen LogP contribution in [-0.4, -0.2) is 91.9 Å². The maximum absolute atomic E-state index is 10.3. The van der Waals surface area contributed by atoms with Crippen molar-refractivity contribution in [2.75, 3.05) is 59.7 Å². The first-order chi connectivity index (χ1) is 13.6. The number of methoxy groups -OCH3 is 1. The van der Waals surface area contributed by atoms with Crippen LogP contribution in [0.15, 0.2) is 18.2 Å². The second-order valence-corrected chi connectivity index (χ2v) is 7.72. The Hall–Kier alpha value is -1.38. The molecule has 0 aliphatic carbocycles. The Balaban J connectivity index is 1.49. The Morgan fingerprint density at radius 1 is 1.11 bits per heavy atom. The van der Waals surface area contributed by atoms with Crippen molar-refractivity contribution in [1.29, 1.82) is 0 Å². The summed E-state index contributed by atoms with van der Waals surface area (Å²) in [5, 5.41) is 19.9. The summed E-state index contributed by atoms with van der Waals surface area (Å²) in [6.07, 6.45) is 1.83. The van der Waals surface area contributed by atoms with Crippen molar-refractivity contribution in [2.45, 2.75) is 38.0 Å². The van der Waals surface area contributed by atoms with Gasteiger partial charge in [-0.25, -0.2) is 0 Å². The topological polar surface area (TPSA) is 74.6 Å². The lowest BCUT2D eigenvalue weighted by Crippen LogP contribution is -2.41. The largest absolute Gasteiger partial charge is 0.493 e. The van der Waals surface area contributed by atoms with Crippen LogP contribution in [0, 0.1) is 0 Å². The number of aliphatic hydroxyl groups excluding tert-OH is 2. The number of hydrogen-bond donors (Lipinski definition) is 2. The van der Waals surface area contributed by atoms with Crippen molar-refractivity contribution in [1.82, 2.24) is 9.80 Å². The van der Waals surface area contributed by atoms with E-state index in [1.165, 1.54) is 5.56 Å². The fourth-order valence-electron chi connectivity index (χ4n) is 3.78. The molecule has 0 radical (unpaired) electrons. The molecule has 0 aromatic heterocycles. The first kappa shape index (κ1) is 21.3. The molecule has 158 valence electrons. The van der Waals surface area contributed by atoms with Gasteiger partial charge >= 0.3 is 0 Å². The molecule has 7 nitrogen and oxygen atoms in total. The molecule has 0 amide bonds. The highest BCUT2D eigenvalue weighted by atomic mass is 16.5. The fourth-order valence-corrected chi connectivity index (χ4v) is 3.78. The highest BCUT2D eigenvalue weighted by Crippen LogP contribution is 2.29. The van der Waals surface area contributed by atoms with Crippen molar-refractivity contribution in [3.63, 3.8) is 0 Å². The van der Waals surface area contributed by atoms with Crippen molar-refractivity contribution in [3.8, 4) is 11.5 Å². The molecule has 1 aromatic carbocycles. The molecule has 2 fully saturated rings. The summed E-state index contributed by atoms with van der Waals surface area (Å²) >= 11 is 0. The zero-order chi connectivity index (χ0) is 19.8. The zero-order valence-electron chi connectivity index (χ0n) is 16.9. The van der Waals surface area contributed by atoms with Crippen molar-refractivity contribution >= 4 is 0 Å². The summed E-state index contributed by atoms with van der Waals surface area (Å²) in [5.74, 6) is 1.34. The van der Waals surface area contributed by atoms with Gasteiger partial charge < -0.3 is 29.3 Å². The summed E-state index contributed by atoms with van der Waals surface area (Å²) in [6, 6.07) is 5.99. The van der Waals surface area contributed by atoms with Crippen LogP contribution in [0.1, 0.15) is 24.8 Å². The molecule has 2 heterocycles. The maximum atomic E-state index is 10.3. The highest BCUT2D eigenvalue weighted by Gasteiger charge is 2.20. The lowest BCUT2D eigenvalue weighted by atomic mass is 10.1. The van der Waals surface area contributed by atoms with E-state index in [-0.39, 0.29) is 12.7 Å². The lowest BCUT2D eigenvalue weighted by Gasteiger charge is -2.30. The molecule has 0 unspecified atom stereocenters. The van der Waals surface area contributed by atoms with Crippen LogP contribution in [-0.2, 0) is 11.3 Å². The van der Waals surface area contributed by atoms with Crippen LogP contribution < -0.4 is 9.47 Å². The minimum absolute atomic E-state index is 0.200. The molecule has 0 bridgehead atoms. The van der Waals surface area contributed by atoms with Crippen LogP contribution in [0.5, 0.6) is 11.5 Å². The summed E-state index contributed by atoms with van der Waals surface area (Å²) < 4.78 is 16.9. The first-order valence-corrected chi connectivity index (χ1v) is 10.3. The predicted molar refractivity (Wildman–Crippen MR) is 107 cm³/mol. The van der Waals surface area contributed by atoms with Gasteiger partial charge in [-0.15, -0.1) is 0 Å². The average molecular weight is 395 g/mol. The Kier molecular flexibility index (Phi) is 8.36. The molecule has 1 atom stereocenters. The van der Waals surface area contributed by atoms with Gasteiger partial charge in [0.05, 0.1) is 19.8 Å². The Morgan fingerprint density at radius 2 is 1.93 bits per heavy atom. The van der Waals surface area contributed by atoms with Crippen molar-refractivity contribution < 1.29 is 24.4 Å². The number of nitrogens with zero attached hydrogens (tertiary/aromatic N) is 2. The van der Waals surface area contributed by atoms with Gasteiger partial charge in [0, 0.05) is 45.9 Å².